The molecule has 5 rings (SSSR count). The van der Waals surface area contributed by atoms with Crippen molar-refractivity contribution in [1.82, 2.24) is 24.4 Å². The van der Waals surface area contributed by atoms with E-state index in [-0.39, 0.29) is 36.3 Å². The van der Waals surface area contributed by atoms with E-state index in [1.54, 1.807) is 28.8 Å². The van der Waals surface area contributed by atoms with Crippen molar-refractivity contribution >= 4 is 45.3 Å². The number of piperazine rings is 1. The quantitative estimate of drug-likeness (QED) is 0.430. The van der Waals surface area contributed by atoms with Gasteiger partial charge in [0.1, 0.15) is 5.52 Å². The van der Waals surface area contributed by atoms with Gasteiger partial charge in [0.05, 0.1) is 17.6 Å². The summed E-state index contributed by atoms with van der Waals surface area (Å²) in [4.78, 5) is 44.7. The summed E-state index contributed by atoms with van der Waals surface area (Å²) in [5.74, 6) is 0.701. The van der Waals surface area contributed by atoms with Gasteiger partial charge < -0.3 is 19.5 Å². The maximum absolute atomic E-state index is 13.0. The van der Waals surface area contributed by atoms with E-state index in [1.165, 1.54) is 6.92 Å². The molecular weight excluding hydrogens is 482 g/mol. The van der Waals surface area contributed by atoms with Crippen LogP contribution in [0.2, 0.25) is 0 Å². The number of aromatic nitrogens is 4. The summed E-state index contributed by atoms with van der Waals surface area (Å²) >= 11 is 0. The molecule has 3 aromatic heterocycles. The largest absolute Gasteiger partial charge is 0.493 e. The molecule has 1 atom stereocenters. The molecule has 0 bridgehead atoms. The maximum Gasteiger partial charge on any atom is 0.228 e. The second kappa shape index (κ2) is 9.92. The standard InChI is InChI=1S/C28H33N7O3/c1-17(2)34-16-24-25(27(34)38)30-28(32-10-11-33(19(4)36)18(3)14-32)31-26(24)35(20(5)37)15-23-12-21-8-6-7-9-22(21)13-29-23/h6-9,12-13,16-18,38H,10-11,14-15H2,1-5H3/t18-/m0/s1. The van der Waals surface area contributed by atoms with Gasteiger partial charge in [-0.2, -0.15) is 4.98 Å². The minimum atomic E-state index is -0.197. The van der Waals surface area contributed by atoms with E-state index in [4.69, 9.17) is 9.97 Å². The zero-order valence-corrected chi connectivity index (χ0v) is 22.4. The van der Waals surface area contributed by atoms with Crippen molar-refractivity contribution in [2.24, 2.45) is 0 Å². The van der Waals surface area contributed by atoms with Crippen LogP contribution in [0.3, 0.4) is 0 Å². The number of fused-ring (bicyclic) bond motifs is 2. The van der Waals surface area contributed by atoms with Crippen LogP contribution in [0.1, 0.15) is 46.4 Å². The Labute approximate surface area is 221 Å². The molecule has 0 aliphatic carbocycles. The molecule has 1 aliphatic heterocycles. The molecule has 1 aromatic carbocycles. The van der Waals surface area contributed by atoms with Crippen LogP contribution >= 0.6 is 0 Å². The van der Waals surface area contributed by atoms with Gasteiger partial charge in [-0.1, -0.05) is 24.3 Å². The molecule has 0 saturated carbocycles. The number of carbonyl (C=O) groups excluding carboxylic acids is 2. The summed E-state index contributed by atoms with van der Waals surface area (Å²) in [5, 5.41) is 13.7. The third kappa shape index (κ3) is 4.62. The number of pyridine rings is 1. The van der Waals surface area contributed by atoms with Crippen molar-refractivity contribution in [3.8, 4) is 5.88 Å². The van der Waals surface area contributed by atoms with Gasteiger partial charge in [0.25, 0.3) is 0 Å². The topological polar surface area (TPSA) is 108 Å². The number of amides is 2. The summed E-state index contributed by atoms with van der Waals surface area (Å²) in [6.07, 6.45) is 3.61. The van der Waals surface area contributed by atoms with Crippen molar-refractivity contribution in [3.05, 3.63) is 48.4 Å². The number of hydrogen-bond acceptors (Lipinski definition) is 7. The molecule has 0 radical (unpaired) electrons. The molecule has 1 saturated heterocycles. The highest BCUT2D eigenvalue weighted by molar-refractivity contribution is 6.02. The highest BCUT2D eigenvalue weighted by Crippen LogP contribution is 2.36. The number of benzene rings is 1. The zero-order chi connectivity index (χ0) is 27.1. The average Bonchev–Trinajstić information content (AvgIpc) is 3.23. The lowest BCUT2D eigenvalue weighted by atomic mass is 10.1. The fourth-order valence-electron chi connectivity index (χ4n) is 5.12. The monoisotopic (exact) mass is 515 g/mol. The molecule has 38 heavy (non-hydrogen) atoms. The minimum absolute atomic E-state index is 0.0208. The Bertz CT molecular complexity index is 1530. The van der Waals surface area contributed by atoms with E-state index in [0.29, 0.717) is 42.3 Å². The number of hydrogen-bond donors (Lipinski definition) is 1. The second-order valence-corrected chi connectivity index (χ2v) is 10.2. The van der Waals surface area contributed by atoms with Crippen LogP contribution in [-0.2, 0) is 16.1 Å². The first-order valence-electron chi connectivity index (χ1n) is 12.9. The van der Waals surface area contributed by atoms with Crippen molar-refractivity contribution in [3.63, 3.8) is 0 Å². The molecule has 10 heteroatoms. The van der Waals surface area contributed by atoms with Gasteiger partial charge >= 0.3 is 0 Å². The van der Waals surface area contributed by atoms with Crippen LogP contribution in [0.15, 0.2) is 42.7 Å². The Hall–Kier alpha value is -4.21. The Morgan fingerprint density at radius 2 is 1.87 bits per heavy atom. The third-order valence-corrected chi connectivity index (χ3v) is 7.15. The molecule has 198 valence electrons. The van der Waals surface area contributed by atoms with Gasteiger partial charge in [0.2, 0.25) is 23.6 Å². The number of carbonyl (C=O) groups is 2. The van der Waals surface area contributed by atoms with Crippen LogP contribution in [0.5, 0.6) is 5.88 Å². The summed E-state index contributed by atoms with van der Waals surface area (Å²) in [5.41, 5.74) is 1.11. The SMILES string of the molecule is CC(=O)N(Cc1cc2ccccc2cn1)c1nc(N2CCN(C(C)=O)[C@@H](C)C2)nc2c(O)n(C(C)C)cc12. The molecule has 10 nitrogen and oxygen atoms in total. The first-order valence-corrected chi connectivity index (χ1v) is 12.9. The number of nitrogens with zero attached hydrogens (tertiary/aromatic N) is 7. The fraction of sp³-hybridized carbons (Fsp3) is 0.393. The lowest BCUT2D eigenvalue weighted by Gasteiger charge is -2.39. The van der Waals surface area contributed by atoms with Gasteiger partial charge in [0.15, 0.2) is 5.82 Å². The van der Waals surface area contributed by atoms with Crippen molar-refractivity contribution < 1.29 is 14.7 Å². The molecule has 4 heterocycles. The molecule has 0 unspecified atom stereocenters. The molecule has 4 aromatic rings. The normalized spacial score (nSPS) is 16.0. The second-order valence-electron chi connectivity index (χ2n) is 10.2. The van der Waals surface area contributed by atoms with E-state index < -0.39 is 0 Å². The van der Waals surface area contributed by atoms with Gasteiger partial charge in [-0.05, 0) is 32.2 Å². The molecule has 2 amide bonds. The van der Waals surface area contributed by atoms with Crippen LogP contribution in [0.4, 0.5) is 11.8 Å². The Balaban J connectivity index is 1.61. The van der Waals surface area contributed by atoms with Crippen molar-refractivity contribution in [1.29, 1.82) is 0 Å². The van der Waals surface area contributed by atoms with E-state index in [1.807, 2.05) is 60.9 Å². The van der Waals surface area contributed by atoms with Crippen LogP contribution in [-0.4, -0.2) is 67.0 Å². The first-order chi connectivity index (χ1) is 18.1. The lowest BCUT2D eigenvalue weighted by molar-refractivity contribution is -0.131. The maximum atomic E-state index is 13.0. The Kier molecular flexibility index (Phi) is 6.64. The van der Waals surface area contributed by atoms with E-state index in [9.17, 15) is 14.7 Å². The number of rotatable bonds is 5. The fourth-order valence-corrected chi connectivity index (χ4v) is 5.12. The summed E-state index contributed by atoms with van der Waals surface area (Å²) < 4.78 is 1.73. The minimum Gasteiger partial charge on any atom is -0.493 e. The third-order valence-electron chi connectivity index (χ3n) is 7.15. The summed E-state index contributed by atoms with van der Waals surface area (Å²) in [7, 11) is 0. The predicted molar refractivity (Wildman–Crippen MR) is 147 cm³/mol. The highest BCUT2D eigenvalue weighted by atomic mass is 16.3. The van der Waals surface area contributed by atoms with Gasteiger partial charge in [-0.15, -0.1) is 0 Å². The zero-order valence-electron chi connectivity index (χ0n) is 22.4. The lowest BCUT2D eigenvalue weighted by Crippen LogP contribution is -2.54. The average molecular weight is 516 g/mol. The van der Waals surface area contributed by atoms with Crippen LogP contribution < -0.4 is 9.80 Å². The molecule has 0 spiro atoms. The first kappa shape index (κ1) is 25.4. The van der Waals surface area contributed by atoms with Gasteiger partial charge in [-0.3, -0.25) is 19.5 Å². The number of anilines is 2. The van der Waals surface area contributed by atoms with Crippen molar-refractivity contribution in [2.75, 3.05) is 29.4 Å². The highest BCUT2D eigenvalue weighted by Gasteiger charge is 2.30. The van der Waals surface area contributed by atoms with E-state index in [0.717, 1.165) is 16.5 Å². The van der Waals surface area contributed by atoms with Crippen LogP contribution in [0, 0.1) is 0 Å². The smallest absolute Gasteiger partial charge is 0.228 e. The van der Waals surface area contributed by atoms with Gasteiger partial charge in [-0.25, -0.2) is 4.98 Å². The Morgan fingerprint density at radius 1 is 1.13 bits per heavy atom. The van der Waals surface area contributed by atoms with Crippen molar-refractivity contribution in [2.45, 2.75) is 53.2 Å². The van der Waals surface area contributed by atoms with E-state index in [2.05, 4.69) is 4.98 Å². The van der Waals surface area contributed by atoms with E-state index >= 15 is 0 Å². The summed E-state index contributed by atoms with van der Waals surface area (Å²) in [6.45, 7) is 10.9. The summed E-state index contributed by atoms with van der Waals surface area (Å²) in [6, 6.07) is 9.88. The predicted octanol–water partition coefficient (Wildman–Crippen LogP) is 3.88. The molecule has 1 fully saturated rings. The molecule has 1 aliphatic rings. The number of aromatic hydroxyl groups is 1. The Morgan fingerprint density at radius 3 is 2.53 bits per heavy atom. The molecular formula is C28H33N7O3. The molecule has 1 N–H and O–H groups in total. The van der Waals surface area contributed by atoms with Crippen LogP contribution in [0.25, 0.3) is 21.7 Å². The van der Waals surface area contributed by atoms with Gasteiger partial charge in [0, 0.05) is 63.3 Å².